The Morgan fingerprint density at radius 1 is 0.428 bits per heavy atom. The van der Waals surface area contributed by atoms with E-state index < -0.39 is 175 Å². The lowest BCUT2D eigenvalue weighted by atomic mass is 10.2. The topological polar surface area (TPSA) is 720 Å². The molecule has 5 aliphatic heterocycles. The maximum Gasteiger partial charge on any atom is 0.514 e. The standard InChI is InChI=1S/C20H33NO10P2.C16H20N2O9P2.C15H23NO10P2.C13H18O9P2.C12H14Cl2O8P2/c1-5-6-9-13-21(4)14-12-20(23)32(24,25)30-18(31-33(20,26)27)16-10-7-8-11-17(16)29-19(22)28-15(2)3;1-3-24-12(2)25-14-7-5-4-6-13(14)15-26-28(20,21)16(19,29(22,23)27-15)10-18-9-8-17-11-18;1-10(2)23-14(17)24-12-7-4-3-6-11(12)13-25-27(19,20)15(18,8-5-9-16)28(21,22)26-13;1-4-19-9(2)20-11-8-6-5-7-10(11)12-21-23(15,16)13(3,14)24(17,18)22-12;1-3-19-8(2)20-10-7-5-4-6-9(10)11-21-23(15,16)12(13,14)24(17,18)22-11/h7-8,10-11,15,18,23H,5-6,9,12-14H2,1-4H3,(H,24,25)(H,26,27);4-9,11,15,19H,2-3,10H2,1H3,(H,20,21)(H,22,23);3-4,6-7,10,13,18H,5,8-9,16H2,1-2H3,(H,19,20)(H,21,22);5-8,12,14H,2,4H2,1,3H3,(H,15,16)(H,17,18);4-7,11H,2-3H2,1H3,(H,15,16)(H,17,18). The first-order valence-electron chi connectivity index (χ1n) is 40.8. The van der Waals surface area contributed by atoms with Crippen LogP contribution < -0.4 is 29.4 Å². The number of halogens is 2. The molecule has 5 fully saturated rings. The van der Waals surface area contributed by atoms with E-state index in [0.29, 0.717) is 26.7 Å². The number of carbonyl (C=O) groups is 2. The van der Waals surface area contributed by atoms with Gasteiger partial charge in [0.05, 0.1) is 72.7 Å². The highest BCUT2D eigenvalue weighted by Crippen LogP contribution is 2.85. The van der Waals surface area contributed by atoms with Crippen LogP contribution in [-0.2, 0) is 121 Å². The molecule has 16 N–H and O–H groups in total. The number of rotatable bonds is 33. The highest BCUT2D eigenvalue weighted by atomic mass is 35.5. The first-order chi connectivity index (χ1) is 63.9. The largest absolute Gasteiger partial charge is 0.514 e. The van der Waals surface area contributed by atoms with Crippen molar-refractivity contribution in [3.05, 3.63) is 205 Å². The van der Waals surface area contributed by atoms with E-state index in [1.165, 1.54) is 122 Å². The Labute approximate surface area is 800 Å². The molecule has 5 aromatic carbocycles. The van der Waals surface area contributed by atoms with Crippen LogP contribution in [0.5, 0.6) is 28.7 Å². The van der Waals surface area contributed by atoms with Gasteiger partial charge in [0.1, 0.15) is 28.7 Å². The summed E-state index contributed by atoms with van der Waals surface area (Å²) in [7, 11) is -48.4. The van der Waals surface area contributed by atoms with Crippen molar-refractivity contribution in [2.45, 2.75) is 175 Å². The van der Waals surface area contributed by atoms with Crippen LogP contribution in [0.1, 0.15) is 160 Å². The van der Waals surface area contributed by atoms with Gasteiger partial charge in [0.25, 0.3) is 38.2 Å². The van der Waals surface area contributed by atoms with Crippen molar-refractivity contribution in [2.24, 2.45) is 5.73 Å². The van der Waals surface area contributed by atoms with Crippen LogP contribution in [0.2, 0.25) is 0 Å². The average Bonchev–Trinajstić information content (AvgIpc) is 0.912. The molecule has 6 aromatic rings. The van der Waals surface area contributed by atoms with Crippen LogP contribution in [0.4, 0.5) is 9.59 Å². The van der Waals surface area contributed by atoms with Gasteiger partial charge in [-0.25, -0.2) is 14.6 Å². The van der Waals surface area contributed by atoms with E-state index in [-0.39, 0.29) is 101 Å². The molecule has 772 valence electrons. The highest BCUT2D eigenvalue weighted by molar-refractivity contribution is 7.80. The normalized spacial score (nSPS) is 32.4. The van der Waals surface area contributed by atoms with Gasteiger partial charge in [0.15, 0.2) is 0 Å². The van der Waals surface area contributed by atoms with Crippen LogP contribution in [0.25, 0.3) is 0 Å². The molecule has 5 saturated heterocycles. The van der Waals surface area contributed by atoms with E-state index in [1.54, 1.807) is 78.6 Å². The van der Waals surface area contributed by atoms with Crippen LogP contribution in [0, 0.1) is 0 Å². The number of nitrogens with zero attached hydrogens (tertiary/aromatic N) is 3. The second kappa shape index (κ2) is 48.6. The Balaban J connectivity index is 0.000000236. The van der Waals surface area contributed by atoms with Gasteiger partial charge >= 0.3 is 92.1 Å². The lowest BCUT2D eigenvalue weighted by molar-refractivity contribution is -0.0626. The highest BCUT2D eigenvalue weighted by Gasteiger charge is 2.72. The van der Waals surface area contributed by atoms with Crippen molar-refractivity contribution in [2.75, 3.05) is 46.5 Å². The van der Waals surface area contributed by atoms with E-state index in [4.69, 9.17) is 122 Å². The smallest absolute Gasteiger partial charge is 0.466 e. The van der Waals surface area contributed by atoms with Crippen LogP contribution >= 0.6 is 99.2 Å². The van der Waals surface area contributed by atoms with Crippen molar-refractivity contribution in [1.82, 2.24) is 14.5 Å². The summed E-state index contributed by atoms with van der Waals surface area (Å²) >= 11 is 11.0. The second-order valence-corrected chi connectivity index (χ2v) is 54.2. The maximum absolute atomic E-state index is 13.0. The average molecular weight is 2190 g/mol. The third kappa shape index (κ3) is 28.7. The Kier molecular flexibility index (Phi) is 41.8. The van der Waals surface area contributed by atoms with Gasteiger partial charge in [0, 0.05) is 31.8 Å². The summed E-state index contributed by atoms with van der Waals surface area (Å²) in [5.41, 5.74) is 5.22. The number of aromatic nitrogens is 2. The summed E-state index contributed by atoms with van der Waals surface area (Å²) in [6.07, 6.45) is -6.29. The molecule has 50 nitrogen and oxygen atoms in total. The zero-order chi connectivity index (χ0) is 104. The molecule has 0 spiro atoms. The van der Waals surface area contributed by atoms with Gasteiger partial charge in [-0.1, -0.05) is 134 Å². The van der Waals surface area contributed by atoms with Crippen molar-refractivity contribution in [3.8, 4) is 28.7 Å². The molecule has 11 rings (SSSR count). The van der Waals surface area contributed by atoms with Gasteiger partial charge in [-0.15, -0.1) is 0 Å². The van der Waals surface area contributed by atoms with Gasteiger partial charge in [-0.2, -0.15) is 0 Å². The lowest BCUT2D eigenvalue weighted by Crippen LogP contribution is -2.39. The summed E-state index contributed by atoms with van der Waals surface area (Å²) in [5, 5.41) is 29.6. The number of hydrogen-bond donors (Lipinski definition) is 15. The van der Waals surface area contributed by atoms with E-state index in [9.17, 15) is 125 Å². The fourth-order valence-electron chi connectivity index (χ4n) is 11.8. The number of carbonyl (C=O) groups excluding carboxylic acids is 2. The number of unbranched alkanes of at least 4 members (excludes halogenated alkanes) is 2. The molecule has 0 radical (unpaired) electrons. The zero-order valence-electron chi connectivity index (χ0n) is 75.1. The molecular formula is C76H108Cl2N4O46P10. The summed E-state index contributed by atoms with van der Waals surface area (Å²) in [6, 6.07) is 29.2. The van der Waals surface area contributed by atoms with Crippen molar-refractivity contribution in [1.29, 1.82) is 0 Å². The molecule has 6 heterocycles. The van der Waals surface area contributed by atoms with Crippen LogP contribution in [0.15, 0.2) is 178 Å². The van der Waals surface area contributed by atoms with Gasteiger partial charge in [0.2, 0.25) is 31.5 Å². The van der Waals surface area contributed by atoms with E-state index in [2.05, 4.69) is 31.6 Å². The second-order valence-electron chi connectivity index (χ2n) is 30.1. The van der Waals surface area contributed by atoms with Crippen LogP contribution in [-0.4, -0.2) is 179 Å². The Bertz CT molecular complexity index is 5500. The fraction of sp³-hybridized carbons (Fsp3) is 0.461. The first-order valence-corrected chi connectivity index (χ1v) is 57.4. The predicted octanol–water partition coefficient (Wildman–Crippen LogP) is 15.9. The van der Waals surface area contributed by atoms with E-state index in [0.717, 1.165) is 23.8 Å². The molecule has 0 aliphatic carbocycles. The monoisotopic (exact) mass is 2190 g/mol. The third-order valence-corrected chi connectivity index (χ3v) is 44.0. The minimum Gasteiger partial charge on any atom is -0.466 e. The molecule has 62 heteroatoms. The van der Waals surface area contributed by atoms with Crippen molar-refractivity contribution in [3.63, 3.8) is 0 Å². The number of para-hydroxylation sites is 5. The third-order valence-electron chi connectivity index (χ3n) is 19.0. The lowest BCUT2D eigenvalue weighted by Gasteiger charge is -2.41. The first kappa shape index (κ1) is 119. The minimum atomic E-state index is -5.10. The number of benzene rings is 5. The minimum absolute atomic E-state index is 0.000372. The molecule has 1 aromatic heterocycles. The number of alkyl halides is 2. The van der Waals surface area contributed by atoms with E-state index in [1.807, 2.05) is 0 Å². The molecular weight excluding hydrogens is 2090 g/mol. The number of nitrogens with two attached hydrogens (primary N) is 1. The van der Waals surface area contributed by atoms with Crippen molar-refractivity contribution >= 4 is 111 Å². The SMILES string of the molecule is C=C(OCC)Oc1ccccc1C1OP(=O)(O)C(C)(O)P(=O)(O)O1.C=C(OCC)Oc1ccccc1C1OP(=O)(O)C(Cl)(Cl)P(=O)(O)O1.C=C(OCC)Oc1ccccc1C1OP(=O)(O)C(O)(Cn2ccnc2)P(=O)(O)O1.CC(C)OC(=O)Oc1ccccc1C1OP(=O)(O)C(O)(CCCN)P(=O)(O)O1.CCCCCN(C)CCC1(O)P(=O)(O)OC(c2ccccc2OC(=O)OC(C)C)OP1(=O)O. The summed E-state index contributed by atoms with van der Waals surface area (Å²) in [4.78, 5) is 130. The van der Waals surface area contributed by atoms with Gasteiger partial charge in [-0.3, -0.25) is 90.9 Å². The van der Waals surface area contributed by atoms with E-state index >= 15 is 0 Å². The molecule has 10 unspecified atom stereocenters. The fourth-order valence-corrected chi connectivity index (χ4v) is 28.6. The number of aliphatic hydroxyl groups is 4. The number of imidazole rings is 1. The number of hydrogen-bond acceptors (Lipinski definition) is 39. The Hall–Kier alpha value is -6.29. The molecule has 0 bridgehead atoms. The zero-order valence-corrected chi connectivity index (χ0v) is 85.6. The predicted molar refractivity (Wildman–Crippen MR) is 486 cm³/mol. The molecule has 0 amide bonds. The molecule has 10 atom stereocenters. The van der Waals surface area contributed by atoms with Gasteiger partial charge < -0.3 is 132 Å². The Morgan fingerprint density at radius 2 is 0.703 bits per heavy atom. The summed E-state index contributed by atoms with van der Waals surface area (Å²) in [6.45, 7) is 25.8. The molecule has 138 heavy (non-hydrogen) atoms. The maximum atomic E-state index is 13.0. The van der Waals surface area contributed by atoms with Gasteiger partial charge in [-0.05, 0) is 138 Å². The quantitative estimate of drug-likeness (QED) is 0.00454. The Morgan fingerprint density at radius 3 is 0.978 bits per heavy atom. The van der Waals surface area contributed by atoms with Crippen LogP contribution in [0.3, 0.4) is 0 Å². The summed E-state index contributed by atoms with van der Waals surface area (Å²) in [5.74, 6) is -0.265. The van der Waals surface area contributed by atoms with Crippen molar-refractivity contribution < 1.29 is 217 Å². The molecule has 5 aliphatic rings. The summed E-state index contributed by atoms with van der Waals surface area (Å²) < 4.78 is 224. The molecule has 0 saturated carbocycles. The number of ether oxygens (including phenoxy) is 10.